The molecule has 0 saturated carbocycles. The van der Waals surface area contributed by atoms with Crippen LogP contribution >= 0.6 is 0 Å². The quantitative estimate of drug-likeness (QED) is 0.641. The van der Waals surface area contributed by atoms with Crippen molar-refractivity contribution in [3.63, 3.8) is 0 Å². The molecule has 3 rings (SSSR count). The molecule has 1 heterocycles. The monoisotopic (exact) mass is 468 g/mol. The van der Waals surface area contributed by atoms with E-state index in [-0.39, 0.29) is 20.1 Å². The SMILES string of the molecule is Cc1c(-c2ccccc2)ncnc1-c1ccccc1CN.[Ir]. The fraction of sp³-hybridized carbons (Fsp3) is 0.111. The van der Waals surface area contributed by atoms with Crippen LogP contribution in [0.1, 0.15) is 11.1 Å². The topological polar surface area (TPSA) is 51.8 Å². The summed E-state index contributed by atoms with van der Waals surface area (Å²) < 4.78 is 0. The molecule has 22 heavy (non-hydrogen) atoms. The second-order valence-corrected chi connectivity index (χ2v) is 4.92. The predicted molar refractivity (Wildman–Crippen MR) is 85.5 cm³/mol. The van der Waals surface area contributed by atoms with Crippen molar-refractivity contribution in [2.24, 2.45) is 5.73 Å². The number of aromatic nitrogens is 2. The molecule has 0 aliphatic rings. The van der Waals surface area contributed by atoms with E-state index in [1.165, 1.54) is 0 Å². The van der Waals surface area contributed by atoms with Crippen LogP contribution in [0.15, 0.2) is 60.9 Å². The molecule has 3 nitrogen and oxygen atoms in total. The van der Waals surface area contributed by atoms with Gasteiger partial charge in [0.1, 0.15) is 6.33 Å². The standard InChI is InChI=1S/C18H17N3.Ir/c1-13-17(14-7-3-2-4-8-14)20-12-21-18(13)16-10-6-5-9-15(16)11-19;/h2-10,12H,11,19H2,1H3;. The molecule has 0 amide bonds. The minimum atomic E-state index is 0. The molecule has 2 N–H and O–H groups in total. The van der Waals surface area contributed by atoms with Gasteiger partial charge in [0.05, 0.1) is 11.4 Å². The number of hydrogen-bond acceptors (Lipinski definition) is 3. The van der Waals surface area contributed by atoms with Gasteiger partial charge in [-0.3, -0.25) is 0 Å². The Bertz CT molecular complexity index is 757. The summed E-state index contributed by atoms with van der Waals surface area (Å²) >= 11 is 0. The third-order valence-corrected chi connectivity index (χ3v) is 3.62. The first-order valence-electron chi connectivity index (χ1n) is 6.96. The van der Waals surface area contributed by atoms with Crippen molar-refractivity contribution >= 4 is 0 Å². The van der Waals surface area contributed by atoms with Gasteiger partial charge >= 0.3 is 0 Å². The van der Waals surface area contributed by atoms with Crippen LogP contribution in [-0.4, -0.2) is 9.97 Å². The van der Waals surface area contributed by atoms with Crippen LogP contribution in [0.5, 0.6) is 0 Å². The molecule has 0 spiro atoms. The van der Waals surface area contributed by atoms with Gasteiger partial charge in [-0.05, 0) is 12.5 Å². The van der Waals surface area contributed by atoms with Crippen molar-refractivity contribution in [1.82, 2.24) is 9.97 Å². The first kappa shape index (κ1) is 16.5. The Labute approximate surface area is 144 Å². The largest absolute Gasteiger partial charge is 0.326 e. The molecule has 0 atom stereocenters. The summed E-state index contributed by atoms with van der Waals surface area (Å²) in [6.07, 6.45) is 1.62. The summed E-state index contributed by atoms with van der Waals surface area (Å²) in [4.78, 5) is 8.92. The molecule has 0 aliphatic heterocycles. The van der Waals surface area contributed by atoms with Gasteiger partial charge in [-0.25, -0.2) is 9.97 Å². The van der Waals surface area contributed by atoms with Crippen molar-refractivity contribution < 1.29 is 20.1 Å². The molecule has 0 saturated heterocycles. The molecule has 1 radical (unpaired) electrons. The van der Waals surface area contributed by atoms with Crippen molar-refractivity contribution in [3.8, 4) is 22.5 Å². The Balaban J connectivity index is 0.00000176. The Morgan fingerprint density at radius 3 is 2.23 bits per heavy atom. The zero-order valence-electron chi connectivity index (χ0n) is 12.3. The Morgan fingerprint density at radius 2 is 1.50 bits per heavy atom. The summed E-state index contributed by atoms with van der Waals surface area (Å²) in [6.45, 7) is 2.56. The second-order valence-electron chi connectivity index (χ2n) is 4.92. The number of rotatable bonds is 3. The van der Waals surface area contributed by atoms with E-state index in [0.29, 0.717) is 6.54 Å². The zero-order valence-corrected chi connectivity index (χ0v) is 14.7. The number of benzene rings is 2. The smallest absolute Gasteiger partial charge is 0.116 e. The van der Waals surface area contributed by atoms with Gasteiger partial charge in [0.15, 0.2) is 0 Å². The maximum atomic E-state index is 5.84. The Morgan fingerprint density at radius 1 is 0.864 bits per heavy atom. The first-order chi connectivity index (χ1) is 10.3. The third kappa shape index (κ3) is 3.14. The molecular formula is C18H17IrN3. The molecule has 0 unspecified atom stereocenters. The summed E-state index contributed by atoms with van der Waals surface area (Å²) in [5.74, 6) is 0. The van der Waals surface area contributed by atoms with E-state index in [0.717, 1.165) is 33.6 Å². The molecule has 3 aromatic rings. The number of nitrogens with zero attached hydrogens (tertiary/aromatic N) is 2. The molecule has 4 heteroatoms. The van der Waals surface area contributed by atoms with Gasteiger partial charge in [0.2, 0.25) is 0 Å². The summed E-state index contributed by atoms with van der Waals surface area (Å²) in [5.41, 5.74) is 12.1. The van der Waals surface area contributed by atoms with Gasteiger partial charge in [0, 0.05) is 43.3 Å². The summed E-state index contributed by atoms with van der Waals surface area (Å²) in [6, 6.07) is 18.3. The molecular weight excluding hydrogens is 450 g/mol. The third-order valence-electron chi connectivity index (χ3n) is 3.62. The number of nitrogens with two attached hydrogens (primary N) is 1. The molecule has 0 aliphatic carbocycles. The zero-order chi connectivity index (χ0) is 14.7. The summed E-state index contributed by atoms with van der Waals surface area (Å²) in [7, 11) is 0. The molecule has 0 fully saturated rings. The minimum absolute atomic E-state index is 0. The van der Waals surface area contributed by atoms with E-state index in [1.54, 1.807) is 6.33 Å². The first-order valence-corrected chi connectivity index (χ1v) is 6.96. The van der Waals surface area contributed by atoms with Gasteiger partial charge in [-0.2, -0.15) is 0 Å². The molecule has 1 aromatic heterocycles. The predicted octanol–water partition coefficient (Wildman–Crippen LogP) is 3.58. The van der Waals surface area contributed by atoms with E-state index in [1.807, 2.05) is 36.4 Å². The summed E-state index contributed by atoms with van der Waals surface area (Å²) in [5, 5.41) is 0. The Hall–Kier alpha value is -1.87. The maximum absolute atomic E-state index is 5.84. The normalized spacial score (nSPS) is 10.1. The van der Waals surface area contributed by atoms with Crippen molar-refractivity contribution in [2.75, 3.05) is 0 Å². The van der Waals surface area contributed by atoms with Crippen LogP contribution in [0.4, 0.5) is 0 Å². The van der Waals surface area contributed by atoms with Crippen LogP contribution in [-0.2, 0) is 26.7 Å². The van der Waals surface area contributed by atoms with Crippen LogP contribution in [0.25, 0.3) is 22.5 Å². The van der Waals surface area contributed by atoms with Crippen LogP contribution < -0.4 is 5.73 Å². The Kier molecular flexibility index (Phi) is 5.56. The van der Waals surface area contributed by atoms with Crippen molar-refractivity contribution in [1.29, 1.82) is 0 Å². The van der Waals surface area contributed by atoms with Crippen molar-refractivity contribution in [2.45, 2.75) is 13.5 Å². The van der Waals surface area contributed by atoms with Crippen LogP contribution in [0.2, 0.25) is 0 Å². The minimum Gasteiger partial charge on any atom is -0.326 e. The van der Waals surface area contributed by atoms with Gasteiger partial charge in [-0.1, -0.05) is 54.6 Å². The van der Waals surface area contributed by atoms with E-state index < -0.39 is 0 Å². The average molecular weight is 468 g/mol. The fourth-order valence-electron chi connectivity index (χ4n) is 2.54. The van der Waals surface area contributed by atoms with E-state index in [4.69, 9.17) is 5.73 Å². The van der Waals surface area contributed by atoms with Crippen LogP contribution in [0.3, 0.4) is 0 Å². The maximum Gasteiger partial charge on any atom is 0.116 e. The van der Waals surface area contributed by atoms with Gasteiger partial charge in [0.25, 0.3) is 0 Å². The fourth-order valence-corrected chi connectivity index (χ4v) is 2.54. The van der Waals surface area contributed by atoms with Gasteiger partial charge in [-0.15, -0.1) is 0 Å². The average Bonchev–Trinajstić information content (AvgIpc) is 2.56. The molecule has 2 aromatic carbocycles. The molecule has 0 bridgehead atoms. The second kappa shape index (κ2) is 7.41. The van der Waals surface area contributed by atoms with E-state index in [9.17, 15) is 0 Å². The number of hydrogen-bond donors (Lipinski definition) is 1. The van der Waals surface area contributed by atoms with Gasteiger partial charge < -0.3 is 5.73 Å². The van der Waals surface area contributed by atoms with Crippen molar-refractivity contribution in [3.05, 3.63) is 72.1 Å². The molecule has 113 valence electrons. The van der Waals surface area contributed by atoms with Crippen LogP contribution in [0, 0.1) is 6.92 Å². The van der Waals surface area contributed by atoms with E-state index in [2.05, 4.69) is 35.1 Å². The van der Waals surface area contributed by atoms with E-state index >= 15 is 0 Å².